The van der Waals surface area contributed by atoms with Crippen LogP contribution in [0.1, 0.15) is 26.7 Å². The molecule has 1 rings (SSSR count). The fourth-order valence-electron chi connectivity index (χ4n) is 1.85. The van der Waals surface area contributed by atoms with E-state index < -0.39 is 11.8 Å². The van der Waals surface area contributed by atoms with Gasteiger partial charge in [-0.1, -0.05) is 0 Å². The number of hydrogen-bond acceptors (Lipinski definition) is 5. The molecule has 0 saturated carbocycles. The lowest BCUT2D eigenvalue weighted by molar-refractivity contribution is -0.144. The van der Waals surface area contributed by atoms with Crippen molar-refractivity contribution >= 4 is 5.91 Å². The molecule has 6 nitrogen and oxygen atoms in total. The van der Waals surface area contributed by atoms with Gasteiger partial charge in [0.15, 0.2) is 6.29 Å². The van der Waals surface area contributed by atoms with Gasteiger partial charge in [-0.25, -0.2) is 0 Å². The van der Waals surface area contributed by atoms with E-state index in [0.717, 1.165) is 0 Å². The summed E-state index contributed by atoms with van der Waals surface area (Å²) < 4.78 is 15.9. The Morgan fingerprint density at radius 2 is 1.89 bits per heavy atom. The van der Waals surface area contributed by atoms with Crippen LogP contribution in [-0.2, 0) is 19.0 Å². The highest BCUT2D eigenvalue weighted by Gasteiger charge is 2.35. The molecule has 0 radical (unpaired) electrons. The molecule has 3 N–H and O–H groups in total. The number of ether oxygens (including phenoxy) is 3. The summed E-state index contributed by atoms with van der Waals surface area (Å²) in [5.41, 5.74) is 5.24. The Labute approximate surface area is 108 Å². The number of nitrogens with one attached hydrogen (secondary N) is 1. The van der Waals surface area contributed by atoms with Crippen molar-refractivity contribution in [1.29, 1.82) is 0 Å². The first-order valence-electron chi connectivity index (χ1n) is 6.50. The highest BCUT2D eigenvalue weighted by molar-refractivity contribution is 5.86. The zero-order valence-corrected chi connectivity index (χ0v) is 11.2. The highest BCUT2D eigenvalue weighted by atomic mass is 16.7. The van der Waals surface area contributed by atoms with Gasteiger partial charge in [0.05, 0.1) is 12.1 Å². The fraction of sp³-hybridized carbons (Fsp3) is 0.917. The van der Waals surface area contributed by atoms with E-state index >= 15 is 0 Å². The Morgan fingerprint density at radius 3 is 2.39 bits per heavy atom. The summed E-state index contributed by atoms with van der Waals surface area (Å²) >= 11 is 0. The van der Waals surface area contributed by atoms with E-state index in [-0.39, 0.29) is 5.91 Å². The lowest BCUT2D eigenvalue weighted by atomic mass is 9.90. The second kappa shape index (κ2) is 7.68. The van der Waals surface area contributed by atoms with Crippen LogP contribution < -0.4 is 11.1 Å². The van der Waals surface area contributed by atoms with Crippen LogP contribution in [0.2, 0.25) is 0 Å². The number of carbonyl (C=O) groups excluding carboxylic acids is 1. The molecular weight excluding hydrogens is 236 g/mol. The second-order valence-corrected chi connectivity index (χ2v) is 4.32. The minimum absolute atomic E-state index is 0.157. The first kappa shape index (κ1) is 15.4. The molecule has 1 saturated heterocycles. The van der Waals surface area contributed by atoms with E-state index in [2.05, 4.69) is 5.32 Å². The van der Waals surface area contributed by atoms with Crippen LogP contribution in [0.4, 0.5) is 0 Å². The van der Waals surface area contributed by atoms with Crippen molar-refractivity contribution in [2.24, 2.45) is 5.73 Å². The van der Waals surface area contributed by atoms with Crippen LogP contribution in [0.3, 0.4) is 0 Å². The summed E-state index contributed by atoms with van der Waals surface area (Å²) in [5, 5.41) is 2.79. The molecule has 1 aliphatic rings. The third kappa shape index (κ3) is 4.53. The molecule has 0 aromatic heterocycles. The molecule has 0 aromatic rings. The number of rotatable bonds is 7. The second-order valence-electron chi connectivity index (χ2n) is 4.32. The Hall–Kier alpha value is -0.690. The van der Waals surface area contributed by atoms with Crippen LogP contribution >= 0.6 is 0 Å². The molecule has 0 bridgehead atoms. The number of hydrogen-bond donors (Lipinski definition) is 2. The lowest BCUT2D eigenvalue weighted by Crippen LogP contribution is -2.58. The minimum atomic E-state index is -0.818. The maximum absolute atomic E-state index is 12.0. The molecule has 6 heteroatoms. The number of nitrogens with two attached hydrogens (primary N) is 1. The molecule has 0 atom stereocenters. The molecule has 0 spiro atoms. The van der Waals surface area contributed by atoms with Gasteiger partial charge in [-0.15, -0.1) is 0 Å². The van der Waals surface area contributed by atoms with E-state index in [9.17, 15) is 4.79 Å². The minimum Gasteiger partial charge on any atom is -0.381 e. The van der Waals surface area contributed by atoms with Crippen molar-refractivity contribution in [3.63, 3.8) is 0 Å². The largest absolute Gasteiger partial charge is 0.381 e. The molecule has 1 aliphatic heterocycles. The van der Waals surface area contributed by atoms with E-state index in [1.807, 2.05) is 13.8 Å². The Balaban J connectivity index is 2.38. The smallest absolute Gasteiger partial charge is 0.240 e. The first-order valence-corrected chi connectivity index (χ1v) is 6.50. The Bertz CT molecular complexity index is 248. The molecule has 0 aromatic carbocycles. The predicted molar refractivity (Wildman–Crippen MR) is 67.0 cm³/mol. The average Bonchev–Trinajstić information content (AvgIpc) is 2.37. The van der Waals surface area contributed by atoms with Crippen molar-refractivity contribution in [2.75, 3.05) is 33.0 Å². The van der Waals surface area contributed by atoms with Gasteiger partial charge in [0, 0.05) is 26.4 Å². The van der Waals surface area contributed by atoms with Crippen LogP contribution in [0.25, 0.3) is 0 Å². The topological polar surface area (TPSA) is 82.8 Å². The van der Waals surface area contributed by atoms with Crippen LogP contribution in [0.5, 0.6) is 0 Å². The summed E-state index contributed by atoms with van der Waals surface area (Å²) in [6.45, 7) is 6.24. The van der Waals surface area contributed by atoms with Gasteiger partial charge >= 0.3 is 0 Å². The monoisotopic (exact) mass is 260 g/mol. The molecule has 0 unspecified atom stereocenters. The zero-order valence-electron chi connectivity index (χ0n) is 11.2. The quantitative estimate of drug-likeness (QED) is 0.630. The average molecular weight is 260 g/mol. The molecule has 1 amide bonds. The number of amides is 1. The molecule has 1 fully saturated rings. The third-order valence-electron chi connectivity index (χ3n) is 2.97. The van der Waals surface area contributed by atoms with Crippen LogP contribution in [0.15, 0.2) is 0 Å². The van der Waals surface area contributed by atoms with Crippen molar-refractivity contribution in [3.05, 3.63) is 0 Å². The van der Waals surface area contributed by atoms with Crippen molar-refractivity contribution in [2.45, 2.75) is 38.5 Å². The van der Waals surface area contributed by atoms with E-state index in [1.54, 1.807) is 0 Å². The summed E-state index contributed by atoms with van der Waals surface area (Å²) in [6.07, 6.45) is 0.687. The molecule has 1 heterocycles. The van der Waals surface area contributed by atoms with E-state index in [1.165, 1.54) is 0 Å². The molecule has 18 heavy (non-hydrogen) atoms. The van der Waals surface area contributed by atoms with E-state index in [4.69, 9.17) is 19.9 Å². The van der Waals surface area contributed by atoms with Crippen LogP contribution in [-0.4, -0.2) is 50.7 Å². The summed E-state index contributed by atoms with van der Waals surface area (Å²) in [4.78, 5) is 12.0. The van der Waals surface area contributed by atoms with Crippen molar-refractivity contribution < 1.29 is 19.0 Å². The van der Waals surface area contributed by atoms with Gasteiger partial charge < -0.3 is 25.3 Å². The normalized spacial score (nSPS) is 18.9. The highest BCUT2D eigenvalue weighted by Crippen LogP contribution is 2.17. The Morgan fingerprint density at radius 1 is 1.33 bits per heavy atom. The SMILES string of the molecule is CCOC(CNC(=O)C1(N)CCOCC1)OCC. The standard InChI is InChI=1S/C12H24N2O4/c1-3-17-10(18-4-2)9-14-11(15)12(13)5-7-16-8-6-12/h10H,3-9,13H2,1-2H3,(H,14,15). The first-order chi connectivity index (χ1) is 8.62. The van der Waals surface area contributed by atoms with E-state index in [0.29, 0.717) is 45.8 Å². The third-order valence-corrected chi connectivity index (χ3v) is 2.97. The maximum atomic E-state index is 12.0. The van der Waals surface area contributed by atoms with Crippen LogP contribution in [0, 0.1) is 0 Å². The van der Waals surface area contributed by atoms with Gasteiger partial charge in [-0.2, -0.15) is 0 Å². The Kier molecular flexibility index (Phi) is 6.56. The molecule has 106 valence electrons. The molecular formula is C12H24N2O4. The molecule has 0 aliphatic carbocycles. The summed E-state index contributed by atoms with van der Waals surface area (Å²) in [5.74, 6) is -0.157. The maximum Gasteiger partial charge on any atom is 0.240 e. The van der Waals surface area contributed by atoms with Gasteiger partial charge in [0.25, 0.3) is 0 Å². The lowest BCUT2D eigenvalue weighted by Gasteiger charge is -2.32. The van der Waals surface area contributed by atoms with Gasteiger partial charge in [0.1, 0.15) is 0 Å². The van der Waals surface area contributed by atoms with Gasteiger partial charge in [-0.05, 0) is 26.7 Å². The van der Waals surface area contributed by atoms with Gasteiger partial charge in [-0.3, -0.25) is 4.79 Å². The predicted octanol–water partition coefficient (Wildman–Crippen LogP) is 0.00960. The summed E-state index contributed by atoms with van der Waals surface area (Å²) in [7, 11) is 0. The van der Waals surface area contributed by atoms with Crippen molar-refractivity contribution in [3.8, 4) is 0 Å². The van der Waals surface area contributed by atoms with Crippen molar-refractivity contribution in [1.82, 2.24) is 5.32 Å². The summed E-state index contributed by atoms with van der Waals surface area (Å²) in [6, 6.07) is 0. The zero-order chi connectivity index (χ0) is 13.4. The fourth-order valence-corrected chi connectivity index (χ4v) is 1.85. The van der Waals surface area contributed by atoms with Gasteiger partial charge in [0.2, 0.25) is 5.91 Å². The number of carbonyl (C=O) groups is 1.